The van der Waals surface area contributed by atoms with Gasteiger partial charge in [-0.1, -0.05) is 68.8 Å². The molecule has 4 aliphatic rings. The van der Waals surface area contributed by atoms with Crippen molar-refractivity contribution in [2.45, 2.75) is 123 Å². The lowest BCUT2D eigenvalue weighted by molar-refractivity contribution is -0.757. The van der Waals surface area contributed by atoms with E-state index in [-0.39, 0.29) is 87.2 Å². The van der Waals surface area contributed by atoms with Crippen LogP contribution in [0.3, 0.4) is 0 Å². The van der Waals surface area contributed by atoms with Crippen molar-refractivity contribution in [1.29, 1.82) is 0 Å². The highest BCUT2D eigenvalue weighted by molar-refractivity contribution is 7.57. The maximum Gasteiger partial charge on any atom is 0.508 e. The fraction of sp³-hybridized carbons (Fsp3) is 0.600. The van der Waals surface area contributed by atoms with Crippen molar-refractivity contribution in [3.05, 3.63) is 114 Å². The number of aryl methyl sites for hydroxylation is 2. The lowest BCUT2D eigenvalue weighted by Crippen LogP contribution is -2.73. The molecule has 3 amide bonds. The third kappa shape index (κ3) is 17.4. The summed E-state index contributed by atoms with van der Waals surface area (Å²) in [5, 5.41) is 18.3. The molecule has 20 nitrogen and oxygen atoms in total. The largest absolute Gasteiger partial charge is 0.508 e. The molecule has 6 unspecified atom stereocenters. The van der Waals surface area contributed by atoms with Gasteiger partial charge in [-0.2, -0.15) is 0 Å². The number of hydrogen-bond donors (Lipinski definition) is 0. The summed E-state index contributed by atoms with van der Waals surface area (Å²) < 4.78 is 54.8. The summed E-state index contributed by atoms with van der Waals surface area (Å²) in [6, 6.07) is 15.8. The first-order valence-electron chi connectivity index (χ1n) is 27.0. The molecule has 0 radical (unpaired) electrons. The Kier molecular flexibility index (Phi) is 25.3. The molecule has 3 aliphatic heterocycles. The Morgan fingerprint density at radius 1 is 0.873 bits per heavy atom. The van der Waals surface area contributed by atoms with Gasteiger partial charge in [0.2, 0.25) is 12.3 Å². The van der Waals surface area contributed by atoms with Crippen LogP contribution in [-0.4, -0.2) is 146 Å². The molecule has 1 saturated carbocycles. The van der Waals surface area contributed by atoms with Gasteiger partial charge in [-0.3, -0.25) is 14.5 Å². The monoisotopic (exact) mass is 1150 g/mol. The number of halogens is 3. The molecule has 24 heteroatoms. The van der Waals surface area contributed by atoms with Crippen molar-refractivity contribution in [3.8, 4) is 11.5 Å². The predicted molar refractivity (Wildman–Crippen MR) is 290 cm³/mol. The number of likely N-dealkylation sites (tertiary alicyclic amines) is 2. The average Bonchev–Trinajstić information content (AvgIpc) is 2.45. The number of carbonyl (C=O) groups excluding carboxylic acids is 4. The van der Waals surface area contributed by atoms with Gasteiger partial charge in [-0.05, 0) is 124 Å². The predicted octanol–water partition coefficient (Wildman–Crippen LogP) is 10.6. The minimum atomic E-state index is -0.860. The Balaban J connectivity index is 0.000000439. The summed E-state index contributed by atoms with van der Waals surface area (Å²) in [5.41, 5.74) is 3.84. The van der Waals surface area contributed by atoms with Crippen LogP contribution in [0.1, 0.15) is 107 Å². The second-order valence-electron chi connectivity index (χ2n) is 19.8. The molecule has 3 aromatic carbocycles. The third-order valence-electron chi connectivity index (χ3n) is 14.5. The number of hydrogen-bond acceptors (Lipinski definition) is 15. The van der Waals surface area contributed by atoms with Crippen LogP contribution in [0.15, 0.2) is 54.6 Å². The number of amides is 3. The lowest BCUT2D eigenvalue weighted by Gasteiger charge is -2.58. The van der Waals surface area contributed by atoms with Gasteiger partial charge in [0.05, 0.1) is 52.1 Å². The first kappa shape index (κ1) is 63.6. The van der Waals surface area contributed by atoms with E-state index in [1.54, 1.807) is 12.0 Å². The van der Waals surface area contributed by atoms with Gasteiger partial charge in [0, 0.05) is 50.5 Å². The molecule has 3 heterocycles. The highest BCUT2D eigenvalue weighted by Gasteiger charge is 2.74. The van der Waals surface area contributed by atoms with Crippen LogP contribution in [0.4, 0.5) is 18.4 Å². The zero-order valence-electron chi connectivity index (χ0n) is 46.0. The highest BCUT2D eigenvalue weighted by atomic mass is 35.5. The first-order chi connectivity index (χ1) is 38.0. The number of piperidine rings is 1. The van der Waals surface area contributed by atoms with E-state index >= 15 is 4.79 Å². The lowest BCUT2D eigenvalue weighted by atomic mass is 9.67. The number of carbonyl (C=O) groups is 4. The van der Waals surface area contributed by atoms with E-state index in [1.165, 1.54) is 0 Å². The molecular weight excluding hydrogens is 1080 g/mol. The van der Waals surface area contributed by atoms with Crippen molar-refractivity contribution in [1.82, 2.24) is 14.7 Å². The molecule has 79 heavy (non-hydrogen) atoms. The summed E-state index contributed by atoms with van der Waals surface area (Å²) in [6.07, 6.45) is 6.81. The Morgan fingerprint density at radius 2 is 1.49 bits per heavy atom. The standard InChI is InChI=1S/C42H51ClF2N3O8P.C11H18N2O7.C2H6/c1-5-18-46(24-29-12-17-34(53-3)27(2)22-29)40(49)36-31(30-13-10-28(11-14-30)9-8-20-54-38-33(45)16-15-32(44)37(38)43)23-42-26-57(4)25-35(42)47(39(36)42)41(50)55-19-6-7-21-56-48(51)52;14-9-12-5-3-10(4-6-12)20-11(15)18-7-1-2-8-19-13(16)17;1-2/h10-17,22,31,35-36,39H,5-9,18-21,23-26H2,1-4H3;9-10H,1-8H2;1-2H3. The molecule has 0 bridgehead atoms. The molecule has 436 valence electrons. The third-order valence-corrected chi connectivity index (χ3v) is 17.0. The normalized spacial score (nSPS) is 20.8. The van der Waals surface area contributed by atoms with Crippen LogP contribution >= 0.6 is 19.5 Å². The van der Waals surface area contributed by atoms with E-state index in [2.05, 4.69) is 41.5 Å². The van der Waals surface area contributed by atoms with Gasteiger partial charge in [-0.25, -0.2) is 18.4 Å². The summed E-state index contributed by atoms with van der Waals surface area (Å²) >= 11 is 5.92. The SMILES string of the molecule is CC.CCCN(Cc1ccc(OC)c(C)c1)C(=O)C1C(c2ccc(CCCOc3c(F)ccc(F)c3Cl)cc2)CC23CP(C)CC2N(C(=O)OCCCCO[N+](=O)[O-])C13.O=CN1CCC(OC(=O)OCCCCO[N+](=O)[O-])CC1. The summed E-state index contributed by atoms with van der Waals surface area (Å²) in [5.74, 6) is -1.60. The number of ether oxygens (including phenoxy) is 5. The fourth-order valence-corrected chi connectivity index (χ4v) is 14.0. The molecule has 1 aliphatic carbocycles. The van der Waals surface area contributed by atoms with E-state index in [4.69, 9.17) is 35.3 Å². The molecule has 7 rings (SSSR count). The van der Waals surface area contributed by atoms with Crippen LogP contribution in [0.5, 0.6) is 11.5 Å². The van der Waals surface area contributed by atoms with Crippen LogP contribution in [0, 0.1) is 50.1 Å². The Morgan fingerprint density at radius 3 is 2.10 bits per heavy atom. The number of nitrogens with zero attached hydrogens (tertiary/aromatic N) is 5. The second-order valence-corrected chi connectivity index (χ2v) is 22.5. The quantitative estimate of drug-likeness (QED) is 0.0138. The smallest absolute Gasteiger partial charge is 0.496 e. The van der Waals surface area contributed by atoms with Crippen molar-refractivity contribution in [2.75, 3.05) is 78.8 Å². The van der Waals surface area contributed by atoms with E-state index in [0.29, 0.717) is 77.5 Å². The van der Waals surface area contributed by atoms with Crippen molar-refractivity contribution >= 4 is 44.1 Å². The van der Waals surface area contributed by atoms with Crippen molar-refractivity contribution in [3.63, 3.8) is 0 Å². The Bertz CT molecular complexity index is 2500. The van der Waals surface area contributed by atoms with Crippen LogP contribution in [-0.2, 0) is 46.4 Å². The number of methoxy groups -OCH3 is 1. The molecular formula is C55H75ClF2N5O15P. The summed E-state index contributed by atoms with van der Waals surface area (Å²) in [4.78, 5) is 85.3. The molecule has 6 atom stereocenters. The van der Waals surface area contributed by atoms with Crippen molar-refractivity contribution in [2.24, 2.45) is 11.3 Å². The van der Waals surface area contributed by atoms with Crippen LogP contribution in [0.25, 0.3) is 0 Å². The number of rotatable bonds is 26. The average molecular weight is 1150 g/mol. The Hall–Kier alpha value is -6.28. The zero-order chi connectivity index (χ0) is 57.6. The van der Waals surface area contributed by atoms with E-state index in [9.17, 15) is 43.4 Å². The minimum Gasteiger partial charge on any atom is -0.496 e. The molecule has 0 N–H and O–H groups in total. The molecule has 0 aromatic heterocycles. The minimum absolute atomic E-state index is 0.0159. The van der Waals surface area contributed by atoms with Gasteiger partial charge in [0.15, 0.2) is 11.6 Å². The number of benzene rings is 3. The first-order valence-corrected chi connectivity index (χ1v) is 29.5. The van der Waals surface area contributed by atoms with Gasteiger partial charge >= 0.3 is 12.2 Å². The molecule has 3 aromatic rings. The van der Waals surface area contributed by atoms with Gasteiger partial charge < -0.3 is 43.2 Å². The topological polar surface area (TPSA) is 229 Å². The summed E-state index contributed by atoms with van der Waals surface area (Å²) in [7, 11) is 1.27. The van der Waals surface area contributed by atoms with E-state index < -0.39 is 40.0 Å². The number of unbranched alkanes of at least 4 members (excludes halogenated alkanes) is 2. The fourth-order valence-electron chi connectivity index (χ4n) is 11.1. The van der Waals surface area contributed by atoms with Gasteiger partial charge in [0.25, 0.3) is 10.2 Å². The van der Waals surface area contributed by atoms with E-state index in [1.807, 2.05) is 54.8 Å². The molecule has 4 fully saturated rings. The molecule has 1 spiro atoms. The van der Waals surface area contributed by atoms with Gasteiger partial charge in [-0.15, -0.1) is 28.2 Å². The zero-order valence-corrected chi connectivity index (χ0v) is 47.6. The summed E-state index contributed by atoms with van der Waals surface area (Å²) in [6.45, 7) is 12.7. The Labute approximate surface area is 466 Å². The highest BCUT2D eigenvalue weighted by Crippen LogP contribution is 2.70. The maximum absolute atomic E-state index is 15.2. The van der Waals surface area contributed by atoms with Crippen molar-refractivity contribution < 1.29 is 71.5 Å². The van der Waals surface area contributed by atoms with E-state index in [0.717, 1.165) is 71.7 Å². The van der Waals surface area contributed by atoms with Gasteiger partial charge in [0.1, 0.15) is 22.7 Å². The maximum atomic E-state index is 15.2. The van der Waals surface area contributed by atoms with Crippen LogP contribution in [0.2, 0.25) is 5.02 Å². The second kappa shape index (κ2) is 31.5. The van der Waals surface area contributed by atoms with Crippen LogP contribution < -0.4 is 9.47 Å². The molecule has 3 saturated heterocycles.